The van der Waals surface area contributed by atoms with E-state index in [1.54, 1.807) is 0 Å². The van der Waals surface area contributed by atoms with Crippen molar-refractivity contribution < 1.29 is 22.3 Å². The Morgan fingerprint density at radius 3 is 2.12 bits per heavy atom. The average Bonchev–Trinajstić information content (AvgIpc) is 2.73. The van der Waals surface area contributed by atoms with Crippen LogP contribution in [0.4, 0.5) is 11.4 Å². The largest absolute Gasteiger partial charge is 0.748 e. The first-order valence-electron chi connectivity index (χ1n) is 10.2. The zero-order valence-electron chi connectivity index (χ0n) is 18.1. The molecule has 0 saturated heterocycles. The van der Waals surface area contributed by atoms with Crippen LogP contribution in [0.2, 0.25) is 0 Å². The zero-order chi connectivity index (χ0) is 23.3. The number of anilines is 2. The smallest absolute Gasteiger partial charge is 0.221 e. The Labute approximate surface area is 188 Å². The van der Waals surface area contributed by atoms with Crippen molar-refractivity contribution >= 4 is 43.2 Å². The number of aromatic nitrogens is 1. The van der Waals surface area contributed by atoms with E-state index in [9.17, 15) is 0 Å². The van der Waals surface area contributed by atoms with Crippen LogP contribution < -0.4 is 16.0 Å². The van der Waals surface area contributed by atoms with Gasteiger partial charge in [0.05, 0.1) is 20.9 Å². The van der Waals surface area contributed by atoms with Gasteiger partial charge in [-0.15, -0.1) is 0 Å². The molecule has 0 aliphatic heterocycles. The van der Waals surface area contributed by atoms with E-state index < -0.39 is 10.1 Å². The van der Waals surface area contributed by atoms with Crippen molar-refractivity contribution in [1.29, 1.82) is 0 Å². The number of hydrogen-bond donors (Lipinski definition) is 2. The number of ether oxygens (including phenoxy) is 1. The predicted octanol–water partition coefficient (Wildman–Crippen LogP) is 3.31. The van der Waals surface area contributed by atoms with Crippen molar-refractivity contribution in [1.82, 2.24) is 0 Å². The molecule has 0 fully saturated rings. The summed E-state index contributed by atoms with van der Waals surface area (Å²) in [5.41, 5.74) is 17.2. The van der Waals surface area contributed by atoms with E-state index in [4.69, 9.17) is 29.2 Å². The highest BCUT2D eigenvalue weighted by Crippen LogP contribution is 2.33. The lowest BCUT2D eigenvalue weighted by atomic mass is 9.98. The first-order chi connectivity index (χ1) is 15.2. The lowest BCUT2D eigenvalue weighted by molar-refractivity contribution is -0.661. The van der Waals surface area contributed by atoms with Gasteiger partial charge in [0.15, 0.2) is 6.54 Å². The van der Waals surface area contributed by atoms with E-state index in [1.807, 2.05) is 31.2 Å². The highest BCUT2D eigenvalue weighted by molar-refractivity contribution is 7.84. The lowest BCUT2D eigenvalue weighted by Gasteiger charge is -2.13. The maximum atomic E-state index is 9.08. The molecule has 1 aromatic heterocycles. The van der Waals surface area contributed by atoms with Gasteiger partial charge in [-0.25, -0.2) is 8.42 Å². The monoisotopic (exact) mass is 453 g/mol. The van der Waals surface area contributed by atoms with Gasteiger partial charge in [0.1, 0.15) is 6.61 Å². The fraction of sp³-hybridized carbons (Fsp3) is 0.208. The van der Waals surface area contributed by atoms with Crippen molar-refractivity contribution in [3.63, 3.8) is 0 Å². The minimum absolute atomic E-state index is 0.604. The Morgan fingerprint density at radius 1 is 0.906 bits per heavy atom. The van der Waals surface area contributed by atoms with Crippen molar-refractivity contribution in [3.05, 3.63) is 66.7 Å². The predicted molar refractivity (Wildman–Crippen MR) is 128 cm³/mol. The van der Waals surface area contributed by atoms with Gasteiger partial charge in [0.25, 0.3) is 0 Å². The number of hydrogen-bond acceptors (Lipinski definition) is 6. The van der Waals surface area contributed by atoms with Crippen LogP contribution in [0.15, 0.2) is 66.7 Å². The summed E-state index contributed by atoms with van der Waals surface area (Å²) in [7, 11) is -3.92. The molecule has 0 spiro atoms. The fourth-order valence-electron chi connectivity index (χ4n) is 3.70. The summed E-state index contributed by atoms with van der Waals surface area (Å²) >= 11 is 0. The van der Waals surface area contributed by atoms with Crippen LogP contribution in [0.5, 0.6) is 0 Å². The third-order valence-corrected chi connectivity index (χ3v) is 4.88. The number of nitrogens with zero attached hydrogens (tertiary/aromatic N) is 1. The molecule has 1 heterocycles. The van der Waals surface area contributed by atoms with Crippen molar-refractivity contribution in [2.45, 2.75) is 13.5 Å². The quantitative estimate of drug-likeness (QED) is 0.157. The first kappa shape index (κ1) is 23.5. The summed E-state index contributed by atoms with van der Waals surface area (Å²) in [6, 6.07) is 22.6. The van der Waals surface area contributed by atoms with E-state index >= 15 is 0 Å². The second-order valence-corrected chi connectivity index (χ2v) is 8.76. The van der Waals surface area contributed by atoms with E-state index in [0.717, 1.165) is 45.5 Å². The summed E-state index contributed by atoms with van der Waals surface area (Å²) in [5.74, 6) is 0. The Bertz CT molecular complexity index is 1330. The number of pyridine rings is 1. The molecule has 4 rings (SSSR count). The Morgan fingerprint density at radius 2 is 1.50 bits per heavy atom. The second kappa shape index (κ2) is 9.95. The zero-order valence-corrected chi connectivity index (χ0v) is 18.9. The summed E-state index contributed by atoms with van der Waals surface area (Å²) in [6.45, 7) is 4.09. The van der Waals surface area contributed by atoms with Gasteiger partial charge < -0.3 is 20.8 Å². The van der Waals surface area contributed by atoms with Crippen molar-refractivity contribution in [2.75, 3.05) is 30.9 Å². The Kier molecular flexibility index (Phi) is 7.29. The molecule has 0 bridgehead atoms. The lowest BCUT2D eigenvalue weighted by Crippen LogP contribution is -2.39. The molecule has 0 atom stereocenters. The van der Waals surface area contributed by atoms with Gasteiger partial charge in [0.2, 0.25) is 11.2 Å². The molecule has 0 amide bonds. The van der Waals surface area contributed by atoms with E-state index in [0.29, 0.717) is 19.5 Å². The number of rotatable bonds is 5. The van der Waals surface area contributed by atoms with Crippen LogP contribution in [0.3, 0.4) is 0 Å². The van der Waals surface area contributed by atoms with Gasteiger partial charge in [-0.1, -0.05) is 24.3 Å². The highest BCUT2D eigenvalue weighted by atomic mass is 32.2. The van der Waals surface area contributed by atoms with Crippen LogP contribution in [0.25, 0.3) is 32.9 Å². The molecule has 7 nitrogen and oxygen atoms in total. The third kappa shape index (κ3) is 5.73. The van der Waals surface area contributed by atoms with Crippen LogP contribution in [-0.4, -0.2) is 32.4 Å². The highest BCUT2D eigenvalue weighted by Gasteiger charge is 2.23. The molecule has 0 aliphatic rings. The topological polar surface area (TPSA) is 122 Å². The molecule has 8 heteroatoms. The normalized spacial score (nSPS) is 11.3. The van der Waals surface area contributed by atoms with E-state index in [-0.39, 0.29) is 0 Å². The van der Waals surface area contributed by atoms with Gasteiger partial charge >= 0.3 is 0 Å². The number of nitrogens with two attached hydrogens (primary N) is 2. The molecule has 168 valence electrons. The van der Waals surface area contributed by atoms with Crippen LogP contribution >= 0.6 is 0 Å². The molecule has 0 saturated carbocycles. The molecule has 0 radical (unpaired) electrons. The molecule has 3 aromatic carbocycles. The van der Waals surface area contributed by atoms with Crippen molar-refractivity contribution in [3.8, 4) is 11.3 Å². The summed E-state index contributed by atoms with van der Waals surface area (Å²) < 4.78 is 35.2. The first-order valence-corrected chi connectivity index (χ1v) is 12.0. The molecule has 0 aliphatic carbocycles. The summed E-state index contributed by atoms with van der Waals surface area (Å²) in [5, 5.41) is 3.47. The Hall–Kier alpha value is -3.20. The maximum Gasteiger partial charge on any atom is 0.221 e. The average molecular weight is 454 g/mol. The maximum absolute atomic E-state index is 9.08. The Balaban J connectivity index is 0.000000523. The van der Waals surface area contributed by atoms with Gasteiger partial charge in [-0.3, -0.25) is 0 Å². The summed E-state index contributed by atoms with van der Waals surface area (Å²) in [6.07, 6.45) is 0.604. The van der Waals surface area contributed by atoms with Gasteiger partial charge in [-0.05, 0) is 43.3 Å². The molecular weight excluding hydrogens is 426 g/mol. The number of nitrogen functional groups attached to an aromatic ring is 2. The third-order valence-electron chi connectivity index (χ3n) is 4.88. The van der Waals surface area contributed by atoms with Crippen LogP contribution in [-0.2, 0) is 21.4 Å². The molecule has 4 aromatic rings. The SMILES string of the molecule is CCOCC[n+]1c(-c2ccccc2)c2cc(N)ccc2c2ccc(N)cc21.CS(=O)(=O)[O-]. The van der Waals surface area contributed by atoms with Crippen LogP contribution in [0.1, 0.15) is 6.92 Å². The number of fused-ring (bicyclic) bond motifs is 3. The fourth-order valence-corrected chi connectivity index (χ4v) is 3.70. The molecule has 0 unspecified atom stereocenters. The molecule has 32 heavy (non-hydrogen) atoms. The van der Waals surface area contributed by atoms with Crippen LogP contribution in [0, 0.1) is 0 Å². The second-order valence-electron chi connectivity index (χ2n) is 7.35. The van der Waals surface area contributed by atoms with Gasteiger partial charge in [-0.2, -0.15) is 4.57 Å². The number of benzene rings is 3. The molecule has 4 N–H and O–H groups in total. The van der Waals surface area contributed by atoms with Crippen molar-refractivity contribution in [2.24, 2.45) is 0 Å². The van der Waals surface area contributed by atoms with E-state index in [1.165, 1.54) is 5.39 Å². The standard InChI is InChI=1S/C23H23N3O.CH4O3S/c1-2-27-13-12-26-22-15-18(25)9-11-20(22)19-10-8-17(24)14-21(19)23(26)16-6-4-3-5-7-16;1-5(2,3)4/h3-11,14-15,25H,2,12-13,24H2,1H3;1H3,(H,2,3,4). The minimum atomic E-state index is -3.92. The summed E-state index contributed by atoms with van der Waals surface area (Å²) in [4.78, 5) is 0. The minimum Gasteiger partial charge on any atom is -0.748 e. The van der Waals surface area contributed by atoms with Gasteiger partial charge in [0, 0.05) is 41.3 Å². The van der Waals surface area contributed by atoms with E-state index in [2.05, 4.69) is 47.0 Å². The molecular formula is C24H27N3O4S.